The summed E-state index contributed by atoms with van der Waals surface area (Å²) in [5, 5.41) is 0.575. The van der Waals surface area contributed by atoms with Crippen LogP contribution in [0.3, 0.4) is 0 Å². The van der Waals surface area contributed by atoms with Crippen molar-refractivity contribution in [3.8, 4) is 0 Å². The van der Waals surface area contributed by atoms with Gasteiger partial charge in [-0.2, -0.15) is 0 Å². The number of rotatable bonds is 8. The van der Waals surface area contributed by atoms with Crippen LogP contribution in [0.1, 0.15) is 59.7 Å². The standard InChI is InChI=1S/C26H32N4O2/c1-18-15-22(19(2)30(18)14-13-20-9-5-4-6-10-20)24(31)16-29(3)17-25-27-23-12-8-7-11-21(23)26(32)28-25/h7-9,11-12,15H,4-6,10,13-14,16-17H2,1-3H3,(H,27,28,32). The predicted octanol–water partition coefficient (Wildman–Crippen LogP) is 4.55. The number of nitrogens with one attached hydrogen (secondary N) is 1. The summed E-state index contributed by atoms with van der Waals surface area (Å²) in [4.78, 5) is 34.6. The Bertz CT molecular complexity index is 1220. The first kappa shape index (κ1) is 22.2. The Hall–Kier alpha value is -2.99. The number of aromatic amines is 1. The third kappa shape index (κ3) is 4.91. The number of aryl methyl sites for hydroxylation is 1. The lowest BCUT2D eigenvalue weighted by Crippen LogP contribution is -2.28. The molecule has 2 heterocycles. The van der Waals surface area contributed by atoms with E-state index in [0.717, 1.165) is 29.9 Å². The van der Waals surface area contributed by atoms with Crippen molar-refractivity contribution in [2.75, 3.05) is 13.6 Å². The van der Waals surface area contributed by atoms with Gasteiger partial charge in [-0.1, -0.05) is 23.8 Å². The molecule has 0 bridgehead atoms. The fourth-order valence-electron chi connectivity index (χ4n) is 4.67. The number of H-pyrrole nitrogens is 1. The lowest BCUT2D eigenvalue weighted by atomic mass is 9.97. The highest BCUT2D eigenvalue weighted by Gasteiger charge is 2.18. The molecule has 0 saturated heterocycles. The van der Waals surface area contributed by atoms with Crippen molar-refractivity contribution < 1.29 is 4.79 Å². The topological polar surface area (TPSA) is 71.0 Å². The molecule has 32 heavy (non-hydrogen) atoms. The van der Waals surface area contributed by atoms with Gasteiger partial charge in [-0.3, -0.25) is 14.5 Å². The van der Waals surface area contributed by atoms with E-state index >= 15 is 0 Å². The van der Waals surface area contributed by atoms with Crippen molar-refractivity contribution in [1.82, 2.24) is 19.4 Å². The van der Waals surface area contributed by atoms with E-state index in [0.29, 0.717) is 23.3 Å². The van der Waals surface area contributed by atoms with Crippen molar-refractivity contribution in [1.29, 1.82) is 0 Å². The summed E-state index contributed by atoms with van der Waals surface area (Å²) in [5.41, 5.74) is 5.02. The number of allylic oxidation sites excluding steroid dienone is 2. The Kier molecular flexibility index (Phi) is 6.70. The second-order valence-electron chi connectivity index (χ2n) is 8.92. The van der Waals surface area contributed by atoms with E-state index in [1.807, 2.05) is 43.1 Å². The first-order valence-electron chi connectivity index (χ1n) is 11.5. The molecule has 1 aromatic carbocycles. The highest BCUT2D eigenvalue weighted by molar-refractivity contribution is 5.99. The maximum Gasteiger partial charge on any atom is 0.258 e. The van der Waals surface area contributed by atoms with E-state index in [2.05, 4.69) is 27.5 Å². The first-order chi connectivity index (χ1) is 15.4. The lowest BCUT2D eigenvalue weighted by Gasteiger charge is -2.16. The molecule has 0 saturated carbocycles. The van der Waals surface area contributed by atoms with Crippen molar-refractivity contribution in [2.45, 2.75) is 59.0 Å². The molecule has 1 N–H and O–H groups in total. The third-order valence-corrected chi connectivity index (χ3v) is 6.41. The summed E-state index contributed by atoms with van der Waals surface area (Å²) in [6.45, 7) is 5.71. The van der Waals surface area contributed by atoms with Crippen LogP contribution in [0.15, 0.2) is 46.8 Å². The van der Waals surface area contributed by atoms with Gasteiger partial charge >= 0.3 is 0 Å². The van der Waals surface area contributed by atoms with Gasteiger partial charge in [0.2, 0.25) is 0 Å². The number of fused-ring (bicyclic) bond motifs is 1. The predicted molar refractivity (Wildman–Crippen MR) is 128 cm³/mol. The van der Waals surface area contributed by atoms with Crippen LogP contribution < -0.4 is 5.56 Å². The van der Waals surface area contributed by atoms with E-state index in [4.69, 9.17) is 0 Å². The Labute approximate surface area is 189 Å². The highest BCUT2D eigenvalue weighted by Crippen LogP contribution is 2.23. The fourth-order valence-corrected chi connectivity index (χ4v) is 4.67. The van der Waals surface area contributed by atoms with Crippen molar-refractivity contribution in [3.05, 3.63) is 75.1 Å². The van der Waals surface area contributed by atoms with E-state index in [9.17, 15) is 9.59 Å². The molecule has 0 fully saturated rings. The molecule has 6 nitrogen and oxygen atoms in total. The molecule has 1 aliphatic carbocycles. The number of likely N-dealkylation sites (N-methyl/N-ethyl adjacent to an activating group) is 1. The molecule has 0 aliphatic heterocycles. The average molecular weight is 433 g/mol. The number of hydrogen-bond acceptors (Lipinski definition) is 4. The maximum atomic E-state index is 13.1. The molecule has 1 aliphatic rings. The number of carbonyl (C=O) groups excluding carboxylic acids is 1. The number of para-hydroxylation sites is 1. The highest BCUT2D eigenvalue weighted by atomic mass is 16.1. The minimum Gasteiger partial charge on any atom is -0.348 e. The number of ketones is 1. The summed E-state index contributed by atoms with van der Waals surface area (Å²) < 4.78 is 2.27. The van der Waals surface area contributed by atoms with Gasteiger partial charge in [0.05, 0.1) is 24.0 Å². The van der Waals surface area contributed by atoms with Gasteiger partial charge in [-0.25, -0.2) is 4.98 Å². The maximum absolute atomic E-state index is 13.1. The van der Waals surface area contributed by atoms with E-state index in [1.54, 1.807) is 11.6 Å². The Morgan fingerprint density at radius 1 is 1.22 bits per heavy atom. The van der Waals surface area contributed by atoms with Crippen molar-refractivity contribution in [2.24, 2.45) is 0 Å². The largest absolute Gasteiger partial charge is 0.348 e. The van der Waals surface area contributed by atoms with Gasteiger partial charge in [0.25, 0.3) is 5.56 Å². The van der Waals surface area contributed by atoms with Crippen molar-refractivity contribution in [3.63, 3.8) is 0 Å². The molecule has 0 amide bonds. The number of nitrogens with zero attached hydrogens (tertiary/aromatic N) is 3. The normalized spacial score (nSPS) is 14.2. The van der Waals surface area contributed by atoms with Crippen LogP contribution in [0.2, 0.25) is 0 Å². The van der Waals surface area contributed by atoms with Crippen LogP contribution in [0.5, 0.6) is 0 Å². The minimum absolute atomic E-state index is 0.0897. The number of Topliss-reactive ketones (excluding diaryl/α,β-unsaturated/α-hetero) is 1. The molecule has 2 aromatic heterocycles. The molecular formula is C26H32N4O2. The van der Waals surface area contributed by atoms with Crippen LogP contribution in [0, 0.1) is 13.8 Å². The zero-order chi connectivity index (χ0) is 22.7. The molecule has 0 spiro atoms. The molecule has 0 radical (unpaired) electrons. The number of carbonyl (C=O) groups is 1. The summed E-state index contributed by atoms with van der Waals surface area (Å²) in [6, 6.07) is 9.30. The van der Waals surface area contributed by atoms with Crippen molar-refractivity contribution >= 4 is 16.7 Å². The van der Waals surface area contributed by atoms with Gasteiger partial charge in [-0.15, -0.1) is 0 Å². The van der Waals surface area contributed by atoms with E-state index in [1.165, 1.54) is 25.7 Å². The summed E-state index contributed by atoms with van der Waals surface area (Å²) in [5.74, 6) is 0.655. The Morgan fingerprint density at radius 3 is 2.81 bits per heavy atom. The summed E-state index contributed by atoms with van der Waals surface area (Å²) >= 11 is 0. The Balaban J connectivity index is 1.42. The molecule has 0 atom stereocenters. The average Bonchev–Trinajstić information content (AvgIpc) is 3.06. The number of hydrogen-bond donors (Lipinski definition) is 1. The van der Waals surface area contributed by atoms with Crippen LogP contribution in [0.4, 0.5) is 0 Å². The molecule has 4 rings (SSSR count). The molecule has 0 unspecified atom stereocenters. The van der Waals surface area contributed by atoms with Gasteiger partial charge in [0.15, 0.2) is 5.78 Å². The lowest BCUT2D eigenvalue weighted by molar-refractivity contribution is 0.0941. The molecule has 3 aromatic rings. The van der Waals surface area contributed by atoms with E-state index in [-0.39, 0.29) is 17.9 Å². The zero-order valence-corrected chi connectivity index (χ0v) is 19.3. The smallest absolute Gasteiger partial charge is 0.258 e. The van der Waals surface area contributed by atoms with Crippen LogP contribution in [-0.2, 0) is 13.1 Å². The zero-order valence-electron chi connectivity index (χ0n) is 19.3. The van der Waals surface area contributed by atoms with Gasteiger partial charge in [-0.05, 0) is 71.2 Å². The van der Waals surface area contributed by atoms with E-state index < -0.39 is 0 Å². The number of aromatic nitrogens is 3. The van der Waals surface area contributed by atoms with Crippen LogP contribution in [0.25, 0.3) is 10.9 Å². The van der Waals surface area contributed by atoms with Gasteiger partial charge in [0.1, 0.15) is 5.82 Å². The Morgan fingerprint density at radius 2 is 2.03 bits per heavy atom. The third-order valence-electron chi connectivity index (χ3n) is 6.41. The van der Waals surface area contributed by atoms with Crippen LogP contribution >= 0.6 is 0 Å². The van der Waals surface area contributed by atoms with Gasteiger partial charge in [0, 0.05) is 23.5 Å². The SMILES string of the molecule is Cc1cc(C(=O)CN(C)Cc2nc3ccccc3c(=O)[nH]2)c(C)n1CCC1=CCCCC1. The number of benzene rings is 1. The van der Waals surface area contributed by atoms with Crippen LogP contribution in [-0.4, -0.2) is 38.8 Å². The monoisotopic (exact) mass is 432 g/mol. The quantitative estimate of drug-likeness (QED) is 0.419. The second-order valence-corrected chi connectivity index (χ2v) is 8.92. The molecular weight excluding hydrogens is 400 g/mol. The fraction of sp³-hybridized carbons (Fsp3) is 0.423. The minimum atomic E-state index is -0.151. The summed E-state index contributed by atoms with van der Waals surface area (Å²) in [7, 11) is 1.88. The first-order valence-corrected chi connectivity index (χ1v) is 11.5. The van der Waals surface area contributed by atoms with Gasteiger partial charge < -0.3 is 9.55 Å². The molecule has 168 valence electrons. The second kappa shape index (κ2) is 9.65. The summed E-state index contributed by atoms with van der Waals surface area (Å²) in [6.07, 6.45) is 8.46. The molecule has 6 heteroatoms.